The molecular formula is C13H21Cl2N. The smallest absolute Gasteiger partial charge is 0.0406 e. The average Bonchev–Trinajstić information content (AvgIpc) is 2.20. The Labute approximate surface area is 110 Å². The minimum Gasteiger partial charge on any atom is -0.307 e. The molecule has 1 unspecified atom stereocenters. The maximum Gasteiger partial charge on any atom is 0.0406 e. The van der Waals surface area contributed by atoms with Crippen molar-refractivity contribution in [1.82, 2.24) is 4.90 Å². The van der Waals surface area contributed by atoms with Gasteiger partial charge < -0.3 is 4.90 Å². The van der Waals surface area contributed by atoms with Crippen molar-refractivity contribution >= 4 is 24.0 Å². The van der Waals surface area contributed by atoms with Crippen LogP contribution in [-0.2, 0) is 6.42 Å². The highest BCUT2D eigenvalue weighted by atomic mass is 35.5. The summed E-state index contributed by atoms with van der Waals surface area (Å²) in [6, 6.07) is 8.82. The molecule has 0 saturated heterocycles. The van der Waals surface area contributed by atoms with E-state index in [4.69, 9.17) is 11.6 Å². The molecule has 0 fully saturated rings. The summed E-state index contributed by atoms with van der Waals surface area (Å²) in [5, 5.41) is 0.820. The topological polar surface area (TPSA) is 3.24 Å². The molecule has 0 N–H and O–H groups in total. The Balaban J connectivity index is 0.00000225. The third-order valence-electron chi connectivity index (χ3n) is 2.88. The summed E-state index contributed by atoms with van der Waals surface area (Å²) in [5.74, 6) is 0. The van der Waals surface area contributed by atoms with Crippen molar-refractivity contribution in [2.45, 2.75) is 32.2 Å². The number of benzene rings is 1. The van der Waals surface area contributed by atoms with Gasteiger partial charge in [0, 0.05) is 11.1 Å². The minimum atomic E-state index is 0. The van der Waals surface area contributed by atoms with Gasteiger partial charge in [0.2, 0.25) is 0 Å². The number of nitrogens with zero attached hydrogens (tertiary/aromatic N) is 1. The van der Waals surface area contributed by atoms with Crippen molar-refractivity contribution in [2.24, 2.45) is 0 Å². The highest BCUT2D eigenvalue weighted by molar-refractivity contribution is 6.30. The van der Waals surface area contributed by atoms with Crippen LogP contribution < -0.4 is 0 Å². The fourth-order valence-corrected chi connectivity index (χ4v) is 1.64. The van der Waals surface area contributed by atoms with Gasteiger partial charge in [-0.25, -0.2) is 0 Å². The Kier molecular flexibility index (Phi) is 7.82. The van der Waals surface area contributed by atoms with E-state index in [1.807, 2.05) is 12.1 Å². The summed E-state index contributed by atoms with van der Waals surface area (Å²) >= 11 is 5.83. The number of hydrogen-bond donors (Lipinski definition) is 0. The zero-order valence-electron chi connectivity index (χ0n) is 10.2. The molecule has 0 aliphatic rings. The molecule has 1 aromatic carbocycles. The molecule has 16 heavy (non-hydrogen) atoms. The second-order valence-electron chi connectivity index (χ2n) is 4.33. The van der Waals surface area contributed by atoms with Crippen LogP contribution in [0.2, 0.25) is 5.02 Å². The molecule has 1 atom stereocenters. The lowest BCUT2D eigenvalue weighted by molar-refractivity contribution is 0.294. The van der Waals surface area contributed by atoms with Gasteiger partial charge in [0.05, 0.1) is 0 Å². The molecule has 1 nitrogen and oxygen atoms in total. The lowest BCUT2D eigenvalue weighted by Crippen LogP contribution is -2.24. The van der Waals surface area contributed by atoms with Gasteiger partial charge in [-0.1, -0.05) is 23.7 Å². The van der Waals surface area contributed by atoms with Crippen LogP contribution in [0.25, 0.3) is 0 Å². The first-order valence-electron chi connectivity index (χ1n) is 5.50. The fourth-order valence-electron chi connectivity index (χ4n) is 1.51. The van der Waals surface area contributed by atoms with E-state index >= 15 is 0 Å². The van der Waals surface area contributed by atoms with Crippen molar-refractivity contribution in [3.63, 3.8) is 0 Å². The lowest BCUT2D eigenvalue weighted by Gasteiger charge is -2.19. The van der Waals surface area contributed by atoms with Crippen LogP contribution >= 0.6 is 24.0 Å². The molecular weight excluding hydrogens is 241 g/mol. The second kappa shape index (κ2) is 7.94. The van der Waals surface area contributed by atoms with Crippen LogP contribution in [0.15, 0.2) is 24.3 Å². The van der Waals surface area contributed by atoms with Crippen LogP contribution in [0.5, 0.6) is 0 Å². The highest BCUT2D eigenvalue weighted by Gasteiger charge is 2.03. The van der Waals surface area contributed by atoms with Crippen LogP contribution in [0.4, 0.5) is 0 Å². The standard InChI is InChI=1S/C13H20ClN.ClH/c1-11(15(2)3)5-4-6-12-7-9-13(14)10-8-12;/h7-11H,4-6H2,1-3H3;1H. The van der Waals surface area contributed by atoms with Crippen LogP contribution in [0, 0.1) is 0 Å². The largest absolute Gasteiger partial charge is 0.307 e. The molecule has 0 amide bonds. The number of halogens is 2. The molecule has 0 spiro atoms. The Bertz CT molecular complexity index is 282. The van der Waals surface area contributed by atoms with Gasteiger partial charge in [0.1, 0.15) is 0 Å². The van der Waals surface area contributed by atoms with E-state index < -0.39 is 0 Å². The Hall–Kier alpha value is -0.240. The van der Waals surface area contributed by atoms with Crippen LogP contribution in [0.1, 0.15) is 25.3 Å². The predicted molar refractivity (Wildman–Crippen MR) is 74.8 cm³/mol. The van der Waals surface area contributed by atoms with Gasteiger partial charge in [-0.05, 0) is 58.0 Å². The maximum absolute atomic E-state index is 5.83. The van der Waals surface area contributed by atoms with Crippen molar-refractivity contribution < 1.29 is 0 Å². The van der Waals surface area contributed by atoms with Crippen molar-refractivity contribution in [2.75, 3.05) is 14.1 Å². The van der Waals surface area contributed by atoms with E-state index in [0.717, 1.165) is 11.4 Å². The normalized spacial score (nSPS) is 12.3. The Morgan fingerprint density at radius 2 is 1.75 bits per heavy atom. The molecule has 3 heteroatoms. The molecule has 0 aliphatic heterocycles. The summed E-state index contributed by atoms with van der Waals surface area (Å²) < 4.78 is 0. The van der Waals surface area contributed by atoms with Crippen molar-refractivity contribution in [1.29, 1.82) is 0 Å². The zero-order valence-corrected chi connectivity index (χ0v) is 11.8. The maximum atomic E-state index is 5.83. The van der Waals surface area contributed by atoms with Gasteiger partial charge in [-0.2, -0.15) is 0 Å². The molecule has 0 saturated carbocycles. The van der Waals surface area contributed by atoms with Crippen LogP contribution in [0.3, 0.4) is 0 Å². The molecule has 0 bridgehead atoms. The number of rotatable bonds is 5. The van der Waals surface area contributed by atoms with E-state index in [2.05, 4.69) is 38.1 Å². The summed E-state index contributed by atoms with van der Waals surface area (Å²) in [5.41, 5.74) is 1.38. The molecule has 0 aromatic heterocycles. The molecule has 1 aromatic rings. The van der Waals surface area contributed by atoms with E-state index in [9.17, 15) is 0 Å². The first-order valence-corrected chi connectivity index (χ1v) is 5.88. The average molecular weight is 262 g/mol. The number of hydrogen-bond acceptors (Lipinski definition) is 1. The predicted octanol–water partition coefficient (Wildman–Crippen LogP) is 4.03. The van der Waals surface area contributed by atoms with E-state index in [1.165, 1.54) is 18.4 Å². The summed E-state index contributed by atoms with van der Waals surface area (Å²) in [4.78, 5) is 2.27. The number of aryl methyl sites for hydroxylation is 1. The monoisotopic (exact) mass is 261 g/mol. The third-order valence-corrected chi connectivity index (χ3v) is 3.13. The Morgan fingerprint density at radius 1 is 1.19 bits per heavy atom. The summed E-state index contributed by atoms with van der Waals surface area (Å²) in [7, 11) is 4.26. The minimum absolute atomic E-state index is 0. The second-order valence-corrected chi connectivity index (χ2v) is 4.77. The fraction of sp³-hybridized carbons (Fsp3) is 0.538. The summed E-state index contributed by atoms with van der Waals surface area (Å²) in [6.07, 6.45) is 3.63. The van der Waals surface area contributed by atoms with Gasteiger partial charge in [0.25, 0.3) is 0 Å². The SMILES string of the molecule is CC(CCCc1ccc(Cl)cc1)N(C)C.Cl. The first kappa shape index (κ1) is 15.8. The first-order chi connectivity index (χ1) is 7.09. The Morgan fingerprint density at radius 3 is 2.25 bits per heavy atom. The third kappa shape index (κ3) is 5.74. The quantitative estimate of drug-likeness (QED) is 0.774. The zero-order chi connectivity index (χ0) is 11.3. The molecule has 0 radical (unpaired) electrons. The highest BCUT2D eigenvalue weighted by Crippen LogP contribution is 2.12. The molecule has 92 valence electrons. The van der Waals surface area contributed by atoms with Gasteiger partial charge in [0.15, 0.2) is 0 Å². The summed E-state index contributed by atoms with van der Waals surface area (Å²) in [6.45, 7) is 2.27. The van der Waals surface area contributed by atoms with E-state index in [-0.39, 0.29) is 12.4 Å². The van der Waals surface area contributed by atoms with Gasteiger partial charge in [-0.3, -0.25) is 0 Å². The van der Waals surface area contributed by atoms with Crippen molar-refractivity contribution in [3.05, 3.63) is 34.9 Å². The lowest BCUT2D eigenvalue weighted by atomic mass is 10.1. The van der Waals surface area contributed by atoms with E-state index in [1.54, 1.807) is 0 Å². The molecule has 0 aliphatic carbocycles. The molecule has 0 heterocycles. The van der Waals surface area contributed by atoms with Crippen LogP contribution in [-0.4, -0.2) is 25.0 Å². The van der Waals surface area contributed by atoms with E-state index in [0.29, 0.717) is 6.04 Å². The van der Waals surface area contributed by atoms with Gasteiger partial charge in [-0.15, -0.1) is 12.4 Å². The van der Waals surface area contributed by atoms with Gasteiger partial charge >= 0.3 is 0 Å². The molecule has 1 rings (SSSR count). The van der Waals surface area contributed by atoms with Crippen molar-refractivity contribution in [3.8, 4) is 0 Å².